The Morgan fingerprint density at radius 3 is 2.83 bits per heavy atom. The molecule has 0 saturated carbocycles. The number of pyridine rings is 1. The number of carbonyl (C=O) groups excluding carboxylic acids is 1. The standard InChI is InChI=1S/C20H24F2N6O/c1-23-20(26-9-8-25-19(29)14-3-2-7-24-12-14)27-16-6-10-28(13-16)18-5-4-15(21)11-17(18)22/h2-5,7,11-12,16H,6,8-10,13H2,1H3,(H,25,29)(H2,23,26,27). The highest BCUT2D eigenvalue weighted by Gasteiger charge is 2.25. The van der Waals surface area contributed by atoms with Gasteiger partial charge in [-0.25, -0.2) is 8.78 Å². The predicted molar refractivity (Wildman–Crippen MR) is 108 cm³/mol. The fraction of sp³-hybridized carbons (Fsp3) is 0.350. The van der Waals surface area contributed by atoms with Crippen LogP contribution in [-0.2, 0) is 0 Å². The fourth-order valence-electron chi connectivity index (χ4n) is 3.18. The first-order valence-corrected chi connectivity index (χ1v) is 9.42. The molecule has 29 heavy (non-hydrogen) atoms. The molecule has 0 radical (unpaired) electrons. The van der Waals surface area contributed by atoms with Gasteiger partial charge in [0.2, 0.25) is 0 Å². The number of rotatable bonds is 6. The molecule has 2 heterocycles. The molecule has 3 N–H and O–H groups in total. The monoisotopic (exact) mass is 402 g/mol. The Kier molecular flexibility index (Phi) is 6.94. The number of guanidine groups is 1. The molecular weight excluding hydrogens is 378 g/mol. The molecule has 154 valence electrons. The second-order valence-electron chi connectivity index (χ2n) is 6.67. The maximum Gasteiger partial charge on any atom is 0.252 e. The number of aliphatic imine (C=N–C) groups is 1. The topological polar surface area (TPSA) is 81.6 Å². The molecule has 1 amide bonds. The van der Waals surface area contributed by atoms with Crippen molar-refractivity contribution in [1.29, 1.82) is 0 Å². The Bertz CT molecular complexity index is 861. The minimum absolute atomic E-state index is 0.0793. The zero-order valence-electron chi connectivity index (χ0n) is 16.2. The van der Waals surface area contributed by atoms with Gasteiger partial charge in [-0.2, -0.15) is 0 Å². The van der Waals surface area contributed by atoms with Crippen molar-refractivity contribution in [2.45, 2.75) is 12.5 Å². The van der Waals surface area contributed by atoms with Crippen molar-refractivity contribution in [1.82, 2.24) is 20.9 Å². The SMILES string of the molecule is CN=C(NCCNC(=O)c1cccnc1)NC1CCN(c2ccc(F)cc2F)C1. The van der Waals surface area contributed by atoms with Crippen LogP contribution in [0.3, 0.4) is 0 Å². The van der Waals surface area contributed by atoms with Gasteiger partial charge in [-0.05, 0) is 30.7 Å². The van der Waals surface area contributed by atoms with Crippen molar-refractivity contribution in [2.75, 3.05) is 38.1 Å². The molecule has 1 fully saturated rings. The van der Waals surface area contributed by atoms with Gasteiger partial charge >= 0.3 is 0 Å². The van der Waals surface area contributed by atoms with Gasteiger partial charge in [0.05, 0.1) is 11.3 Å². The molecule has 3 rings (SSSR count). The molecule has 1 aliphatic rings. The van der Waals surface area contributed by atoms with Gasteiger partial charge in [-0.1, -0.05) is 0 Å². The molecule has 0 bridgehead atoms. The van der Waals surface area contributed by atoms with E-state index < -0.39 is 11.6 Å². The van der Waals surface area contributed by atoms with Crippen LogP contribution in [0.1, 0.15) is 16.8 Å². The maximum absolute atomic E-state index is 14.0. The number of nitrogens with zero attached hydrogens (tertiary/aromatic N) is 3. The number of halogens is 2. The maximum atomic E-state index is 14.0. The molecule has 9 heteroatoms. The molecule has 7 nitrogen and oxygen atoms in total. The van der Waals surface area contributed by atoms with Crippen LogP contribution in [0.4, 0.5) is 14.5 Å². The molecule has 0 spiro atoms. The summed E-state index contributed by atoms with van der Waals surface area (Å²) in [5.74, 6) is -0.722. The highest BCUT2D eigenvalue weighted by Crippen LogP contribution is 2.24. The summed E-state index contributed by atoms with van der Waals surface area (Å²) in [5.41, 5.74) is 0.908. The third-order valence-corrected chi connectivity index (χ3v) is 4.63. The average molecular weight is 402 g/mol. The summed E-state index contributed by atoms with van der Waals surface area (Å²) in [4.78, 5) is 22.0. The molecular formula is C20H24F2N6O. The largest absolute Gasteiger partial charge is 0.367 e. The van der Waals surface area contributed by atoms with E-state index in [-0.39, 0.29) is 11.9 Å². The van der Waals surface area contributed by atoms with Crippen LogP contribution in [0.15, 0.2) is 47.7 Å². The summed E-state index contributed by atoms with van der Waals surface area (Å²) in [6.45, 7) is 2.17. The summed E-state index contributed by atoms with van der Waals surface area (Å²) in [5, 5.41) is 9.24. The van der Waals surface area contributed by atoms with E-state index in [1.54, 1.807) is 25.4 Å². The van der Waals surface area contributed by atoms with Gasteiger partial charge in [0.15, 0.2) is 5.96 Å². The molecule has 1 aromatic carbocycles. The van der Waals surface area contributed by atoms with Crippen LogP contribution in [-0.4, -0.2) is 56.1 Å². The minimum Gasteiger partial charge on any atom is -0.367 e. The summed E-state index contributed by atoms with van der Waals surface area (Å²) in [6.07, 6.45) is 3.93. The highest BCUT2D eigenvalue weighted by molar-refractivity contribution is 5.93. The Hall–Kier alpha value is -3.23. The van der Waals surface area contributed by atoms with Crippen molar-refractivity contribution in [2.24, 2.45) is 4.99 Å². The van der Waals surface area contributed by atoms with Crippen molar-refractivity contribution in [3.8, 4) is 0 Å². The van der Waals surface area contributed by atoms with E-state index in [1.165, 1.54) is 18.3 Å². The summed E-state index contributed by atoms with van der Waals surface area (Å²) in [6, 6.07) is 7.12. The Morgan fingerprint density at radius 2 is 2.10 bits per heavy atom. The quantitative estimate of drug-likeness (QED) is 0.388. The number of benzene rings is 1. The van der Waals surface area contributed by atoms with Gasteiger partial charge in [-0.15, -0.1) is 0 Å². The molecule has 1 atom stereocenters. The Labute approximate surface area is 168 Å². The van der Waals surface area contributed by atoms with Crippen LogP contribution in [0.25, 0.3) is 0 Å². The first-order chi connectivity index (χ1) is 14.1. The number of amides is 1. The van der Waals surface area contributed by atoms with E-state index in [4.69, 9.17) is 0 Å². The van der Waals surface area contributed by atoms with E-state index in [0.717, 1.165) is 12.5 Å². The molecule has 0 aliphatic carbocycles. The predicted octanol–water partition coefficient (Wildman–Crippen LogP) is 1.53. The lowest BCUT2D eigenvalue weighted by atomic mass is 10.2. The smallest absolute Gasteiger partial charge is 0.252 e. The molecule has 1 unspecified atom stereocenters. The number of anilines is 1. The normalized spacial score (nSPS) is 16.6. The van der Waals surface area contributed by atoms with E-state index in [1.807, 2.05) is 4.90 Å². The van der Waals surface area contributed by atoms with E-state index in [0.29, 0.717) is 43.4 Å². The van der Waals surface area contributed by atoms with Gasteiger partial charge < -0.3 is 20.9 Å². The minimum atomic E-state index is -0.583. The van der Waals surface area contributed by atoms with E-state index >= 15 is 0 Å². The number of hydrogen-bond donors (Lipinski definition) is 3. The number of carbonyl (C=O) groups is 1. The van der Waals surface area contributed by atoms with Gasteiger partial charge in [-0.3, -0.25) is 14.8 Å². The van der Waals surface area contributed by atoms with E-state index in [2.05, 4.69) is 25.9 Å². The van der Waals surface area contributed by atoms with Crippen LogP contribution < -0.4 is 20.9 Å². The van der Waals surface area contributed by atoms with Gasteiger partial charge in [0, 0.05) is 57.7 Å². The van der Waals surface area contributed by atoms with E-state index in [9.17, 15) is 13.6 Å². The van der Waals surface area contributed by atoms with Crippen molar-refractivity contribution >= 4 is 17.6 Å². The number of nitrogens with one attached hydrogen (secondary N) is 3. The summed E-state index contributed by atoms with van der Waals surface area (Å²) < 4.78 is 27.1. The fourth-order valence-corrected chi connectivity index (χ4v) is 3.18. The molecule has 2 aromatic rings. The Morgan fingerprint density at radius 1 is 1.28 bits per heavy atom. The van der Waals surface area contributed by atoms with Crippen molar-refractivity contribution in [3.63, 3.8) is 0 Å². The van der Waals surface area contributed by atoms with Crippen LogP contribution >= 0.6 is 0 Å². The van der Waals surface area contributed by atoms with Crippen molar-refractivity contribution < 1.29 is 13.6 Å². The molecule has 1 aromatic heterocycles. The second kappa shape index (κ2) is 9.81. The van der Waals surface area contributed by atoms with Crippen LogP contribution in [0, 0.1) is 11.6 Å². The lowest BCUT2D eigenvalue weighted by molar-refractivity contribution is 0.0954. The summed E-state index contributed by atoms with van der Waals surface area (Å²) in [7, 11) is 1.66. The third-order valence-electron chi connectivity index (χ3n) is 4.63. The van der Waals surface area contributed by atoms with Gasteiger partial charge in [0.25, 0.3) is 5.91 Å². The third kappa shape index (κ3) is 5.63. The highest BCUT2D eigenvalue weighted by atomic mass is 19.1. The zero-order chi connectivity index (χ0) is 20.6. The summed E-state index contributed by atoms with van der Waals surface area (Å²) >= 11 is 0. The van der Waals surface area contributed by atoms with Crippen LogP contribution in [0.2, 0.25) is 0 Å². The number of aromatic nitrogens is 1. The average Bonchev–Trinajstić information content (AvgIpc) is 3.18. The molecule has 1 saturated heterocycles. The van der Waals surface area contributed by atoms with Gasteiger partial charge in [0.1, 0.15) is 11.6 Å². The Balaban J connectivity index is 1.42. The lowest BCUT2D eigenvalue weighted by Crippen LogP contribution is -2.46. The number of hydrogen-bond acceptors (Lipinski definition) is 4. The lowest BCUT2D eigenvalue weighted by Gasteiger charge is -2.21. The zero-order valence-corrected chi connectivity index (χ0v) is 16.2. The second-order valence-corrected chi connectivity index (χ2v) is 6.67. The van der Waals surface area contributed by atoms with Crippen molar-refractivity contribution in [3.05, 3.63) is 59.9 Å². The van der Waals surface area contributed by atoms with Crippen LogP contribution in [0.5, 0.6) is 0 Å². The first kappa shape index (κ1) is 20.5. The molecule has 1 aliphatic heterocycles. The first-order valence-electron chi connectivity index (χ1n) is 9.42.